The molecular formula is C31H29ClFN3O4. The van der Waals surface area contributed by atoms with Crippen molar-refractivity contribution >= 4 is 39.2 Å². The second-order valence-electron chi connectivity index (χ2n) is 10.1. The topological polar surface area (TPSA) is 89.4 Å². The summed E-state index contributed by atoms with van der Waals surface area (Å²) >= 11 is 6.83. The fourth-order valence-corrected chi connectivity index (χ4v) is 6.04. The van der Waals surface area contributed by atoms with Crippen LogP contribution in [-0.2, 0) is 24.3 Å². The maximum atomic E-state index is 13.7. The zero-order valence-corrected chi connectivity index (χ0v) is 22.9. The molecular weight excluding hydrogens is 533 g/mol. The number of benzene rings is 3. The van der Waals surface area contributed by atoms with Crippen LogP contribution in [0.15, 0.2) is 48.5 Å². The van der Waals surface area contributed by atoms with Crippen molar-refractivity contribution in [2.45, 2.75) is 45.8 Å². The lowest BCUT2D eigenvalue weighted by Crippen LogP contribution is -2.12. The number of ether oxygens (including phenoxy) is 2. The second kappa shape index (κ2) is 10.9. The highest BCUT2D eigenvalue weighted by atomic mass is 35.5. The molecule has 40 heavy (non-hydrogen) atoms. The van der Waals surface area contributed by atoms with E-state index in [0.717, 1.165) is 62.6 Å². The average molecular weight is 562 g/mol. The Balaban J connectivity index is 1.39. The number of nitrogens with zero attached hydrogens (tertiary/aromatic N) is 2. The Morgan fingerprint density at radius 3 is 2.88 bits per heavy atom. The Bertz CT molecular complexity index is 1740. The summed E-state index contributed by atoms with van der Waals surface area (Å²) in [6.07, 6.45) is 2.67. The first kappa shape index (κ1) is 26.3. The van der Waals surface area contributed by atoms with Gasteiger partial charge < -0.3 is 19.1 Å². The summed E-state index contributed by atoms with van der Waals surface area (Å²) < 4.78 is 27.6. The first-order chi connectivity index (χ1) is 19.4. The van der Waals surface area contributed by atoms with Crippen molar-refractivity contribution in [3.05, 3.63) is 82.0 Å². The number of H-pyrrole nitrogens is 1. The number of aryl methyl sites for hydroxylation is 3. The SMILES string of the molecule is Cc1[nH]nc2c1-c1c(Cl)ccc3c(CCCOc4cccc5cc(F)ccc45)c(C(=O)O)n(c13)CCCCOC2. The lowest BCUT2D eigenvalue weighted by Gasteiger charge is -2.13. The highest BCUT2D eigenvalue weighted by Crippen LogP contribution is 2.42. The molecule has 2 aromatic heterocycles. The number of aromatic nitrogens is 3. The third-order valence-electron chi connectivity index (χ3n) is 7.54. The van der Waals surface area contributed by atoms with Crippen molar-refractivity contribution in [1.29, 1.82) is 0 Å². The van der Waals surface area contributed by atoms with Gasteiger partial charge in [-0.25, -0.2) is 9.18 Å². The van der Waals surface area contributed by atoms with E-state index in [1.165, 1.54) is 12.1 Å². The van der Waals surface area contributed by atoms with E-state index in [1.807, 2.05) is 41.8 Å². The van der Waals surface area contributed by atoms with Crippen LogP contribution in [0.2, 0.25) is 5.02 Å². The van der Waals surface area contributed by atoms with Gasteiger partial charge in [-0.15, -0.1) is 0 Å². The number of carbonyl (C=O) groups is 1. The molecule has 9 heteroatoms. The third kappa shape index (κ3) is 4.71. The van der Waals surface area contributed by atoms with Crippen LogP contribution in [0.3, 0.4) is 0 Å². The zero-order valence-electron chi connectivity index (χ0n) is 22.1. The molecule has 0 saturated carbocycles. The fourth-order valence-electron chi connectivity index (χ4n) is 5.79. The van der Waals surface area contributed by atoms with E-state index in [-0.39, 0.29) is 11.5 Å². The van der Waals surface area contributed by atoms with Crippen molar-refractivity contribution < 1.29 is 23.8 Å². The molecule has 0 fully saturated rings. The molecule has 2 N–H and O–H groups in total. The molecule has 7 nitrogen and oxygen atoms in total. The van der Waals surface area contributed by atoms with Gasteiger partial charge in [0.1, 0.15) is 17.3 Å². The molecule has 3 aromatic carbocycles. The monoisotopic (exact) mass is 561 g/mol. The summed E-state index contributed by atoms with van der Waals surface area (Å²) in [5, 5.41) is 21.0. The van der Waals surface area contributed by atoms with Crippen LogP contribution in [0.5, 0.6) is 5.75 Å². The normalized spacial score (nSPS) is 13.8. The van der Waals surface area contributed by atoms with Gasteiger partial charge in [0, 0.05) is 40.7 Å². The van der Waals surface area contributed by atoms with E-state index in [4.69, 9.17) is 21.1 Å². The van der Waals surface area contributed by atoms with Crippen LogP contribution in [0.25, 0.3) is 32.8 Å². The van der Waals surface area contributed by atoms with Crippen molar-refractivity contribution in [2.24, 2.45) is 0 Å². The zero-order chi connectivity index (χ0) is 27.8. The molecule has 0 saturated heterocycles. The van der Waals surface area contributed by atoms with Crippen LogP contribution >= 0.6 is 11.6 Å². The number of carboxylic acid groups (broad SMARTS) is 1. The standard InChI is InChI=1S/C31H29ClFN3O4/c1-18-27-25(35-34-18)17-39-14-3-2-13-36-29-23(11-12-24(32)28(27)29)22(30(36)31(37)38)7-5-15-40-26-8-4-6-19-16-20(33)9-10-21(19)26/h4,6,8-12,16H,2-3,5,7,13-15,17H2,1H3,(H,34,35)(H,37,38). The number of carboxylic acids is 1. The van der Waals surface area contributed by atoms with E-state index in [1.54, 1.807) is 6.07 Å². The first-order valence-electron chi connectivity index (χ1n) is 13.4. The quantitative estimate of drug-likeness (QED) is 0.212. The molecule has 1 aliphatic heterocycles. The lowest BCUT2D eigenvalue weighted by molar-refractivity contribution is 0.0683. The van der Waals surface area contributed by atoms with Crippen LogP contribution < -0.4 is 4.74 Å². The van der Waals surface area contributed by atoms with Gasteiger partial charge in [-0.3, -0.25) is 5.10 Å². The molecule has 3 heterocycles. The predicted octanol–water partition coefficient (Wildman–Crippen LogP) is 7.31. The minimum Gasteiger partial charge on any atom is -0.493 e. The Labute approximate surface area is 235 Å². The average Bonchev–Trinajstić information content (AvgIpc) is 3.44. The summed E-state index contributed by atoms with van der Waals surface area (Å²) in [6, 6.07) is 13.9. The number of fused-ring (bicyclic) bond motifs is 3. The van der Waals surface area contributed by atoms with Crippen LogP contribution in [0.4, 0.5) is 4.39 Å². The van der Waals surface area contributed by atoms with Gasteiger partial charge in [0.15, 0.2) is 0 Å². The van der Waals surface area contributed by atoms with Crippen LogP contribution in [0, 0.1) is 12.7 Å². The Kier molecular flexibility index (Phi) is 7.21. The van der Waals surface area contributed by atoms with Crippen LogP contribution in [0.1, 0.15) is 46.7 Å². The predicted molar refractivity (Wildman–Crippen MR) is 153 cm³/mol. The van der Waals surface area contributed by atoms with Gasteiger partial charge in [-0.05, 0) is 73.9 Å². The number of rotatable bonds is 6. The maximum Gasteiger partial charge on any atom is 0.352 e. The van der Waals surface area contributed by atoms with Crippen molar-refractivity contribution in [3.8, 4) is 16.9 Å². The molecule has 206 valence electrons. The Morgan fingerprint density at radius 1 is 1.18 bits per heavy atom. The van der Waals surface area contributed by atoms with Crippen LogP contribution in [-0.4, -0.2) is 39.1 Å². The van der Waals surface area contributed by atoms with Gasteiger partial charge in [0.25, 0.3) is 0 Å². The molecule has 0 bridgehead atoms. The molecule has 0 unspecified atom stereocenters. The van der Waals surface area contributed by atoms with E-state index in [2.05, 4.69) is 10.2 Å². The number of hydrogen-bond acceptors (Lipinski definition) is 4. The minimum atomic E-state index is -0.972. The number of hydrogen-bond donors (Lipinski definition) is 2. The van der Waals surface area contributed by atoms with Gasteiger partial charge in [-0.1, -0.05) is 29.8 Å². The largest absolute Gasteiger partial charge is 0.493 e. The van der Waals surface area contributed by atoms with Gasteiger partial charge in [0.05, 0.1) is 29.4 Å². The molecule has 0 radical (unpaired) electrons. The molecule has 0 aliphatic carbocycles. The number of nitrogens with one attached hydrogen (secondary N) is 1. The molecule has 0 amide bonds. The highest BCUT2D eigenvalue weighted by molar-refractivity contribution is 6.35. The second-order valence-corrected chi connectivity index (χ2v) is 10.5. The van der Waals surface area contributed by atoms with Gasteiger partial charge >= 0.3 is 5.97 Å². The third-order valence-corrected chi connectivity index (χ3v) is 7.86. The number of aromatic amines is 1. The molecule has 6 rings (SSSR count). The minimum absolute atomic E-state index is 0.280. The first-order valence-corrected chi connectivity index (χ1v) is 13.8. The molecule has 1 aliphatic rings. The molecule has 0 atom stereocenters. The fraction of sp³-hybridized carbons (Fsp3) is 0.290. The van der Waals surface area contributed by atoms with Crippen molar-refractivity contribution in [2.75, 3.05) is 13.2 Å². The van der Waals surface area contributed by atoms with E-state index < -0.39 is 5.97 Å². The maximum absolute atomic E-state index is 13.7. The van der Waals surface area contributed by atoms with Gasteiger partial charge in [0.2, 0.25) is 0 Å². The lowest BCUT2D eigenvalue weighted by atomic mass is 9.98. The number of aromatic carboxylic acids is 1. The van der Waals surface area contributed by atoms with E-state index >= 15 is 0 Å². The van der Waals surface area contributed by atoms with Crippen molar-refractivity contribution in [1.82, 2.24) is 14.8 Å². The summed E-state index contributed by atoms with van der Waals surface area (Å²) in [7, 11) is 0. The molecule has 0 spiro atoms. The highest BCUT2D eigenvalue weighted by Gasteiger charge is 2.28. The summed E-state index contributed by atoms with van der Waals surface area (Å²) in [4.78, 5) is 12.7. The Hall–Kier alpha value is -3.88. The molecule has 5 aromatic rings. The van der Waals surface area contributed by atoms with Gasteiger partial charge in [-0.2, -0.15) is 5.10 Å². The number of halogens is 2. The van der Waals surface area contributed by atoms with Crippen molar-refractivity contribution in [3.63, 3.8) is 0 Å². The Morgan fingerprint density at radius 2 is 2.02 bits per heavy atom. The summed E-state index contributed by atoms with van der Waals surface area (Å²) in [6.45, 7) is 3.76. The van der Waals surface area contributed by atoms with E-state index in [9.17, 15) is 14.3 Å². The summed E-state index contributed by atoms with van der Waals surface area (Å²) in [5.74, 6) is -0.592. The van der Waals surface area contributed by atoms with E-state index in [0.29, 0.717) is 50.0 Å². The smallest absolute Gasteiger partial charge is 0.352 e. The summed E-state index contributed by atoms with van der Waals surface area (Å²) in [5.41, 5.74) is 5.09.